The average molecular weight is 338 g/mol. The lowest BCUT2D eigenvalue weighted by Crippen LogP contribution is -2.27. The van der Waals surface area contributed by atoms with Crippen LogP contribution in [-0.4, -0.2) is 17.6 Å². The van der Waals surface area contributed by atoms with E-state index in [1.165, 1.54) is 6.92 Å². The quantitative estimate of drug-likeness (QED) is 0.823. The van der Waals surface area contributed by atoms with E-state index in [9.17, 15) is 14.4 Å². The van der Waals surface area contributed by atoms with Crippen molar-refractivity contribution in [3.63, 3.8) is 0 Å². The first kappa shape index (κ1) is 18.4. The Kier molecular flexibility index (Phi) is 5.37. The minimum Gasteiger partial charge on any atom is -0.326 e. The van der Waals surface area contributed by atoms with Crippen molar-refractivity contribution in [1.82, 2.24) is 0 Å². The van der Waals surface area contributed by atoms with Crippen LogP contribution in [0.25, 0.3) is 0 Å². The largest absolute Gasteiger partial charge is 0.326 e. The van der Waals surface area contributed by atoms with Crippen LogP contribution in [-0.2, 0) is 4.79 Å². The van der Waals surface area contributed by atoms with Crippen LogP contribution in [0.5, 0.6) is 0 Å². The molecule has 2 aromatic rings. The number of hydrogen-bond acceptors (Lipinski definition) is 3. The van der Waals surface area contributed by atoms with Gasteiger partial charge in [0, 0.05) is 27.9 Å². The van der Waals surface area contributed by atoms with Gasteiger partial charge in [0.15, 0.2) is 5.78 Å². The van der Waals surface area contributed by atoms with Crippen LogP contribution in [0.1, 0.15) is 48.4 Å². The lowest BCUT2D eigenvalue weighted by atomic mass is 9.95. The van der Waals surface area contributed by atoms with Crippen LogP contribution in [0, 0.1) is 5.41 Å². The standard InChI is InChI=1S/C20H22N2O3/c1-13(23)15-6-5-7-17(12-15)21-18(24)14-8-10-16(11-9-14)22-19(25)20(2,3)4/h5-12H,1-4H3,(H,21,24)(H,22,25). The highest BCUT2D eigenvalue weighted by Crippen LogP contribution is 2.18. The second-order valence-corrected chi connectivity index (χ2v) is 6.87. The first-order valence-corrected chi connectivity index (χ1v) is 8.01. The van der Waals surface area contributed by atoms with Gasteiger partial charge in [-0.05, 0) is 43.3 Å². The zero-order chi connectivity index (χ0) is 18.6. The molecule has 2 amide bonds. The molecule has 0 spiro atoms. The fraction of sp³-hybridized carbons (Fsp3) is 0.250. The molecule has 0 saturated heterocycles. The molecule has 0 heterocycles. The first-order chi connectivity index (χ1) is 11.7. The van der Waals surface area contributed by atoms with Gasteiger partial charge in [0.25, 0.3) is 5.91 Å². The number of rotatable bonds is 4. The zero-order valence-electron chi connectivity index (χ0n) is 14.8. The Morgan fingerprint density at radius 1 is 0.800 bits per heavy atom. The van der Waals surface area contributed by atoms with E-state index in [0.29, 0.717) is 22.5 Å². The fourth-order valence-corrected chi connectivity index (χ4v) is 2.04. The van der Waals surface area contributed by atoms with Gasteiger partial charge in [-0.15, -0.1) is 0 Å². The second kappa shape index (κ2) is 7.30. The number of carbonyl (C=O) groups excluding carboxylic acids is 3. The third-order valence-corrected chi connectivity index (χ3v) is 3.61. The highest BCUT2D eigenvalue weighted by molar-refractivity contribution is 6.05. The summed E-state index contributed by atoms with van der Waals surface area (Å²) in [5.74, 6) is -0.435. The van der Waals surface area contributed by atoms with Crippen LogP contribution in [0.4, 0.5) is 11.4 Å². The fourth-order valence-electron chi connectivity index (χ4n) is 2.04. The van der Waals surface area contributed by atoms with Gasteiger partial charge in [-0.3, -0.25) is 14.4 Å². The number of hydrogen-bond donors (Lipinski definition) is 2. The third kappa shape index (κ3) is 5.01. The minimum absolute atomic E-state index is 0.0601. The predicted molar refractivity (Wildman–Crippen MR) is 98.9 cm³/mol. The molecule has 0 saturated carbocycles. The summed E-state index contributed by atoms with van der Waals surface area (Å²) >= 11 is 0. The molecule has 0 radical (unpaired) electrons. The Morgan fingerprint density at radius 2 is 1.44 bits per heavy atom. The van der Waals surface area contributed by atoms with E-state index >= 15 is 0 Å². The molecule has 2 N–H and O–H groups in total. The predicted octanol–water partition coefficient (Wildman–Crippen LogP) is 4.13. The smallest absolute Gasteiger partial charge is 0.255 e. The van der Waals surface area contributed by atoms with E-state index < -0.39 is 5.41 Å². The van der Waals surface area contributed by atoms with Crippen molar-refractivity contribution in [3.8, 4) is 0 Å². The molecule has 2 rings (SSSR count). The summed E-state index contributed by atoms with van der Waals surface area (Å²) in [6.45, 7) is 6.98. The normalized spacial score (nSPS) is 10.9. The first-order valence-electron chi connectivity index (χ1n) is 8.01. The van der Waals surface area contributed by atoms with E-state index in [2.05, 4.69) is 10.6 Å². The molecule has 0 aliphatic heterocycles. The van der Waals surface area contributed by atoms with Gasteiger partial charge >= 0.3 is 0 Å². The molecule has 0 fully saturated rings. The molecule has 0 aromatic heterocycles. The lowest BCUT2D eigenvalue weighted by Gasteiger charge is -2.17. The molecule has 0 aliphatic rings. The molecule has 130 valence electrons. The SMILES string of the molecule is CC(=O)c1cccc(NC(=O)c2ccc(NC(=O)C(C)(C)C)cc2)c1. The molecule has 0 atom stereocenters. The van der Waals surface area contributed by atoms with Crippen LogP contribution in [0.3, 0.4) is 0 Å². The summed E-state index contributed by atoms with van der Waals surface area (Å²) in [7, 11) is 0. The Bertz CT molecular complexity index is 802. The van der Waals surface area contributed by atoms with Gasteiger partial charge in [-0.2, -0.15) is 0 Å². The Labute approximate surface area is 147 Å². The molecule has 0 unspecified atom stereocenters. The summed E-state index contributed by atoms with van der Waals surface area (Å²) in [4.78, 5) is 35.7. The number of benzene rings is 2. The van der Waals surface area contributed by atoms with Crippen LogP contribution < -0.4 is 10.6 Å². The maximum absolute atomic E-state index is 12.3. The van der Waals surface area contributed by atoms with Crippen molar-refractivity contribution in [2.75, 3.05) is 10.6 Å². The lowest BCUT2D eigenvalue weighted by molar-refractivity contribution is -0.123. The second-order valence-electron chi connectivity index (χ2n) is 6.87. The maximum Gasteiger partial charge on any atom is 0.255 e. The highest BCUT2D eigenvalue weighted by atomic mass is 16.2. The van der Waals surface area contributed by atoms with Crippen molar-refractivity contribution >= 4 is 29.0 Å². The Hall–Kier alpha value is -2.95. The van der Waals surface area contributed by atoms with Crippen molar-refractivity contribution in [1.29, 1.82) is 0 Å². The highest BCUT2D eigenvalue weighted by Gasteiger charge is 2.21. The molecule has 25 heavy (non-hydrogen) atoms. The van der Waals surface area contributed by atoms with Gasteiger partial charge < -0.3 is 10.6 Å². The van der Waals surface area contributed by atoms with E-state index in [1.54, 1.807) is 48.5 Å². The molecular weight excluding hydrogens is 316 g/mol. The summed E-state index contributed by atoms with van der Waals surface area (Å²) in [6, 6.07) is 13.4. The van der Waals surface area contributed by atoms with Gasteiger partial charge in [-0.1, -0.05) is 32.9 Å². The number of anilines is 2. The average Bonchev–Trinajstić information content (AvgIpc) is 2.54. The number of ketones is 1. The van der Waals surface area contributed by atoms with Crippen LogP contribution in [0.15, 0.2) is 48.5 Å². The minimum atomic E-state index is -0.488. The molecule has 5 heteroatoms. The molecule has 0 aliphatic carbocycles. The Morgan fingerprint density at radius 3 is 2.00 bits per heavy atom. The summed E-state index contributed by atoms with van der Waals surface area (Å²) in [5.41, 5.74) is 1.70. The third-order valence-electron chi connectivity index (χ3n) is 3.61. The van der Waals surface area contributed by atoms with Gasteiger partial charge in [0.2, 0.25) is 5.91 Å². The number of amides is 2. The molecule has 0 bridgehead atoms. The van der Waals surface area contributed by atoms with Crippen molar-refractivity contribution in [2.24, 2.45) is 5.41 Å². The van der Waals surface area contributed by atoms with Crippen LogP contribution >= 0.6 is 0 Å². The number of nitrogens with one attached hydrogen (secondary N) is 2. The Balaban J connectivity index is 2.07. The molecule has 2 aromatic carbocycles. The molecule has 5 nitrogen and oxygen atoms in total. The van der Waals surface area contributed by atoms with Gasteiger partial charge in [0.1, 0.15) is 0 Å². The number of carbonyl (C=O) groups is 3. The van der Waals surface area contributed by atoms with Gasteiger partial charge in [-0.25, -0.2) is 0 Å². The number of Topliss-reactive ketones (excluding diaryl/α,β-unsaturated/α-hetero) is 1. The summed E-state index contributed by atoms with van der Waals surface area (Å²) in [6.07, 6.45) is 0. The van der Waals surface area contributed by atoms with Crippen molar-refractivity contribution in [2.45, 2.75) is 27.7 Å². The van der Waals surface area contributed by atoms with E-state index in [-0.39, 0.29) is 17.6 Å². The topological polar surface area (TPSA) is 75.3 Å². The van der Waals surface area contributed by atoms with Gasteiger partial charge in [0.05, 0.1) is 0 Å². The maximum atomic E-state index is 12.3. The van der Waals surface area contributed by atoms with E-state index in [1.807, 2.05) is 20.8 Å². The van der Waals surface area contributed by atoms with Crippen molar-refractivity contribution in [3.05, 3.63) is 59.7 Å². The van der Waals surface area contributed by atoms with E-state index in [4.69, 9.17) is 0 Å². The monoisotopic (exact) mass is 338 g/mol. The van der Waals surface area contributed by atoms with Crippen molar-refractivity contribution < 1.29 is 14.4 Å². The summed E-state index contributed by atoms with van der Waals surface area (Å²) in [5, 5.41) is 5.57. The zero-order valence-corrected chi connectivity index (χ0v) is 14.8. The molecular formula is C20H22N2O3. The van der Waals surface area contributed by atoms with Crippen LogP contribution in [0.2, 0.25) is 0 Å². The van der Waals surface area contributed by atoms with E-state index in [0.717, 1.165) is 0 Å². The summed E-state index contributed by atoms with van der Waals surface area (Å²) < 4.78 is 0.